The molecule has 0 aliphatic heterocycles. The van der Waals surface area contributed by atoms with Crippen LogP contribution in [0.15, 0.2) is 47.4 Å². The zero-order chi connectivity index (χ0) is 14.5. The molecule has 1 aromatic rings. The van der Waals surface area contributed by atoms with Crippen molar-refractivity contribution in [3.05, 3.63) is 58.5 Å². The van der Waals surface area contributed by atoms with Crippen LogP contribution in [0.1, 0.15) is 20.7 Å². The van der Waals surface area contributed by atoms with Gasteiger partial charge < -0.3 is 0 Å². The van der Waals surface area contributed by atoms with Crippen LogP contribution in [-0.2, 0) is 9.05 Å². The summed E-state index contributed by atoms with van der Waals surface area (Å²) >= 11 is 0. The number of ketones is 2. The molecule has 0 amide bonds. The molecule has 20 heavy (non-hydrogen) atoms. The lowest BCUT2D eigenvalue weighted by atomic mass is 9.72. The van der Waals surface area contributed by atoms with Gasteiger partial charge in [-0.25, -0.2) is 8.42 Å². The smallest absolute Gasteiger partial charge is 0.261 e. The summed E-state index contributed by atoms with van der Waals surface area (Å²) in [6.07, 6.45) is 3.99. The molecular formula is C14H9ClO4S. The number of carbonyl (C=O) groups excluding carboxylic acids is 2. The van der Waals surface area contributed by atoms with E-state index >= 15 is 0 Å². The summed E-state index contributed by atoms with van der Waals surface area (Å²) in [5, 5.41) is 0. The summed E-state index contributed by atoms with van der Waals surface area (Å²) in [6, 6.07) is 6.55. The van der Waals surface area contributed by atoms with Gasteiger partial charge >= 0.3 is 0 Å². The van der Waals surface area contributed by atoms with E-state index in [1.54, 1.807) is 24.3 Å². The van der Waals surface area contributed by atoms with Gasteiger partial charge in [-0.2, -0.15) is 0 Å². The van der Waals surface area contributed by atoms with Crippen molar-refractivity contribution in [1.82, 2.24) is 0 Å². The fourth-order valence-electron chi connectivity index (χ4n) is 2.58. The molecule has 6 heteroatoms. The van der Waals surface area contributed by atoms with E-state index in [9.17, 15) is 18.0 Å². The van der Waals surface area contributed by atoms with Crippen LogP contribution in [0.4, 0.5) is 0 Å². The first-order chi connectivity index (χ1) is 9.39. The molecule has 3 rings (SSSR count). The number of fused-ring (bicyclic) bond motifs is 2. The minimum atomic E-state index is -3.91. The van der Waals surface area contributed by atoms with Crippen LogP contribution in [0.3, 0.4) is 0 Å². The van der Waals surface area contributed by atoms with Crippen LogP contribution in [-0.4, -0.2) is 20.0 Å². The lowest BCUT2D eigenvalue weighted by molar-refractivity contribution is 0.0801. The molecule has 2 aliphatic carbocycles. The molecule has 1 aromatic carbocycles. The van der Waals surface area contributed by atoms with Crippen molar-refractivity contribution in [2.24, 2.45) is 11.8 Å². The van der Waals surface area contributed by atoms with Crippen LogP contribution in [0.2, 0.25) is 0 Å². The SMILES string of the molecule is O=C1c2ccccc2C(=O)[C@@H]2C=C(S(=O)(=O)Cl)C=C[C@H]12. The van der Waals surface area contributed by atoms with Crippen molar-refractivity contribution in [1.29, 1.82) is 0 Å². The number of carbonyl (C=O) groups is 2. The van der Waals surface area contributed by atoms with Gasteiger partial charge in [0, 0.05) is 21.8 Å². The largest absolute Gasteiger partial charge is 0.293 e. The zero-order valence-corrected chi connectivity index (χ0v) is 11.7. The van der Waals surface area contributed by atoms with E-state index in [0.717, 1.165) is 0 Å². The molecule has 4 nitrogen and oxygen atoms in total. The lowest BCUT2D eigenvalue weighted by Crippen LogP contribution is -2.36. The van der Waals surface area contributed by atoms with Gasteiger partial charge in [-0.3, -0.25) is 9.59 Å². The Hall–Kier alpha value is -1.72. The molecule has 0 N–H and O–H groups in total. The van der Waals surface area contributed by atoms with Crippen LogP contribution >= 0.6 is 10.7 Å². The highest BCUT2D eigenvalue weighted by molar-refractivity contribution is 8.17. The fourth-order valence-corrected chi connectivity index (χ4v) is 3.44. The Bertz CT molecular complexity index is 789. The Labute approximate surface area is 120 Å². The summed E-state index contributed by atoms with van der Waals surface area (Å²) in [5.74, 6) is -1.89. The second kappa shape index (κ2) is 4.40. The predicted molar refractivity (Wildman–Crippen MR) is 74.1 cm³/mol. The quantitative estimate of drug-likeness (QED) is 0.747. The van der Waals surface area contributed by atoms with Crippen molar-refractivity contribution in [3.8, 4) is 0 Å². The van der Waals surface area contributed by atoms with E-state index in [1.807, 2.05) is 0 Å². The minimum absolute atomic E-state index is 0.138. The molecular weight excluding hydrogens is 300 g/mol. The molecule has 2 atom stereocenters. The number of hydrogen-bond donors (Lipinski definition) is 0. The summed E-state index contributed by atoms with van der Waals surface area (Å²) in [6.45, 7) is 0. The lowest BCUT2D eigenvalue weighted by Gasteiger charge is -2.29. The standard InChI is InChI=1S/C14H9ClO4S/c15-20(18,19)8-5-6-11-12(7-8)14(17)10-4-2-1-3-9(10)13(11)16/h1-7,11-12H/t11-,12+/m0/s1. The number of allylic oxidation sites excluding steroid dienone is 3. The first kappa shape index (κ1) is 13.3. The normalized spacial score (nSPS) is 24.9. The van der Waals surface area contributed by atoms with Gasteiger partial charge in [0.2, 0.25) is 0 Å². The molecule has 0 fully saturated rings. The third kappa shape index (κ3) is 1.94. The first-order valence-corrected chi connectivity index (χ1v) is 8.22. The Morgan fingerprint density at radius 1 is 0.950 bits per heavy atom. The third-order valence-corrected chi connectivity index (χ3v) is 4.91. The zero-order valence-electron chi connectivity index (χ0n) is 10.1. The first-order valence-electron chi connectivity index (χ1n) is 5.92. The third-order valence-electron chi connectivity index (χ3n) is 3.54. The predicted octanol–water partition coefficient (Wildman–Crippen LogP) is 2.32. The number of rotatable bonds is 1. The Balaban J connectivity index is 2.15. The number of halogens is 1. The summed E-state index contributed by atoms with van der Waals surface area (Å²) in [7, 11) is 1.37. The van der Waals surface area contributed by atoms with E-state index < -0.39 is 20.9 Å². The molecule has 0 radical (unpaired) electrons. The molecule has 0 aromatic heterocycles. The number of hydrogen-bond acceptors (Lipinski definition) is 4. The summed E-state index contributed by atoms with van der Waals surface area (Å²) in [4.78, 5) is 24.6. The van der Waals surface area contributed by atoms with Crippen LogP contribution in [0.5, 0.6) is 0 Å². The fraction of sp³-hybridized carbons (Fsp3) is 0.143. The summed E-state index contributed by atoms with van der Waals surface area (Å²) < 4.78 is 22.7. The van der Waals surface area contributed by atoms with E-state index in [-0.39, 0.29) is 16.5 Å². The molecule has 0 saturated carbocycles. The Morgan fingerprint density at radius 3 is 2.05 bits per heavy atom. The minimum Gasteiger partial charge on any atom is -0.293 e. The Morgan fingerprint density at radius 2 is 1.50 bits per heavy atom. The van der Waals surface area contributed by atoms with Crippen LogP contribution in [0.25, 0.3) is 0 Å². The van der Waals surface area contributed by atoms with E-state index in [0.29, 0.717) is 11.1 Å². The maximum absolute atomic E-state index is 12.4. The molecule has 102 valence electrons. The van der Waals surface area contributed by atoms with Gasteiger partial charge in [0.25, 0.3) is 9.05 Å². The molecule has 0 saturated heterocycles. The van der Waals surface area contributed by atoms with Gasteiger partial charge in [0.1, 0.15) is 0 Å². The second-order valence-corrected chi connectivity index (χ2v) is 7.26. The molecule has 0 bridgehead atoms. The Kier molecular flexibility index (Phi) is 2.92. The maximum atomic E-state index is 12.4. The highest BCUT2D eigenvalue weighted by Gasteiger charge is 2.41. The number of benzene rings is 1. The van der Waals surface area contributed by atoms with Gasteiger partial charge in [0.05, 0.1) is 16.7 Å². The van der Waals surface area contributed by atoms with Crippen molar-refractivity contribution in [2.45, 2.75) is 0 Å². The highest BCUT2D eigenvalue weighted by Crippen LogP contribution is 2.36. The highest BCUT2D eigenvalue weighted by atomic mass is 35.7. The molecule has 0 heterocycles. The van der Waals surface area contributed by atoms with Crippen molar-refractivity contribution < 1.29 is 18.0 Å². The van der Waals surface area contributed by atoms with Crippen molar-refractivity contribution >= 4 is 31.3 Å². The second-order valence-electron chi connectivity index (χ2n) is 4.69. The van der Waals surface area contributed by atoms with Gasteiger partial charge in [-0.1, -0.05) is 36.4 Å². The topological polar surface area (TPSA) is 68.3 Å². The van der Waals surface area contributed by atoms with Crippen LogP contribution < -0.4 is 0 Å². The van der Waals surface area contributed by atoms with E-state index in [2.05, 4.69) is 0 Å². The average Bonchev–Trinajstić information content (AvgIpc) is 2.43. The van der Waals surface area contributed by atoms with Crippen molar-refractivity contribution in [2.75, 3.05) is 0 Å². The van der Waals surface area contributed by atoms with Crippen molar-refractivity contribution in [3.63, 3.8) is 0 Å². The molecule has 0 unspecified atom stereocenters. The number of Topliss-reactive ketones (excluding diaryl/α,β-unsaturated/α-hetero) is 2. The molecule has 2 aliphatic rings. The maximum Gasteiger partial charge on any atom is 0.261 e. The average molecular weight is 309 g/mol. The van der Waals surface area contributed by atoms with Gasteiger partial charge in [-0.15, -0.1) is 0 Å². The van der Waals surface area contributed by atoms with E-state index in [1.165, 1.54) is 18.2 Å². The monoisotopic (exact) mass is 308 g/mol. The molecule has 0 spiro atoms. The van der Waals surface area contributed by atoms with Gasteiger partial charge in [-0.05, 0) is 6.08 Å². The van der Waals surface area contributed by atoms with Crippen LogP contribution in [0, 0.1) is 11.8 Å². The van der Waals surface area contributed by atoms with E-state index in [4.69, 9.17) is 10.7 Å². The van der Waals surface area contributed by atoms with Gasteiger partial charge in [0.15, 0.2) is 11.6 Å². The summed E-state index contributed by atoms with van der Waals surface area (Å²) in [5.41, 5.74) is 0.714.